The van der Waals surface area contributed by atoms with Crippen LogP contribution in [0, 0.1) is 5.92 Å². The van der Waals surface area contributed by atoms with Crippen molar-refractivity contribution in [2.75, 3.05) is 6.54 Å². The van der Waals surface area contributed by atoms with E-state index in [0.29, 0.717) is 12.0 Å². The van der Waals surface area contributed by atoms with Crippen molar-refractivity contribution in [2.45, 2.75) is 50.3 Å². The maximum atomic E-state index is 12.5. The molecule has 1 rings (SSSR count). The van der Waals surface area contributed by atoms with Crippen LogP contribution in [0.4, 0.5) is 8.78 Å². The summed E-state index contributed by atoms with van der Waals surface area (Å²) in [5.74, 6) is -2.83. The molecule has 0 aromatic heterocycles. The lowest BCUT2D eigenvalue weighted by Gasteiger charge is -2.20. The van der Waals surface area contributed by atoms with Crippen molar-refractivity contribution >= 4 is 9.84 Å². The first-order chi connectivity index (χ1) is 9.77. The molecule has 0 fully saturated rings. The van der Waals surface area contributed by atoms with Crippen LogP contribution in [0.1, 0.15) is 32.8 Å². The summed E-state index contributed by atoms with van der Waals surface area (Å²) in [5.41, 5.74) is 0.940. The van der Waals surface area contributed by atoms with Crippen LogP contribution < -0.4 is 5.32 Å². The van der Waals surface area contributed by atoms with E-state index in [1.807, 2.05) is 6.92 Å². The number of sulfone groups is 1. The predicted molar refractivity (Wildman–Crippen MR) is 80.3 cm³/mol. The van der Waals surface area contributed by atoms with Gasteiger partial charge in [0.2, 0.25) is 9.84 Å². The normalized spacial score (nSPS) is 13.9. The summed E-state index contributed by atoms with van der Waals surface area (Å²) in [6, 6.07) is 6.04. The van der Waals surface area contributed by atoms with Crippen molar-refractivity contribution in [1.82, 2.24) is 5.32 Å². The maximum absolute atomic E-state index is 12.5. The number of hydrogen-bond donors (Lipinski definition) is 1. The Hall–Kier alpha value is -1.01. The molecule has 0 heterocycles. The standard InChI is InChI=1S/C15H23F2NO2S/c1-4-18-13(9-11(2)3)10-12-5-7-14(8-6-12)21(19,20)15(16)17/h5-8,11,13,15,18H,4,9-10H2,1-3H3. The molecule has 0 amide bonds. The van der Waals surface area contributed by atoms with Gasteiger partial charge in [0.15, 0.2) is 0 Å². The minimum atomic E-state index is -4.50. The van der Waals surface area contributed by atoms with Crippen molar-refractivity contribution in [3.63, 3.8) is 0 Å². The summed E-state index contributed by atoms with van der Waals surface area (Å²) >= 11 is 0. The molecule has 0 radical (unpaired) electrons. The van der Waals surface area contributed by atoms with Crippen molar-refractivity contribution < 1.29 is 17.2 Å². The van der Waals surface area contributed by atoms with Crippen molar-refractivity contribution in [3.05, 3.63) is 29.8 Å². The van der Waals surface area contributed by atoms with Gasteiger partial charge in [-0.25, -0.2) is 8.42 Å². The van der Waals surface area contributed by atoms with E-state index < -0.39 is 15.6 Å². The number of likely N-dealkylation sites (N-methyl/N-ethyl adjacent to an activating group) is 1. The molecule has 1 unspecified atom stereocenters. The third-order valence-electron chi connectivity index (χ3n) is 3.22. The lowest BCUT2D eigenvalue weighted by Crippen LogP contribution is -2.32. The van der Waals surface area contributed by atoms with Gasteiger partial charge < -0.3 is 5.32 Å². The molecular weight excluding hydrogens is 296 g/mol. The lowest BCUT2D eigenvalue weighted by atomic mass is 9.97. The van der Waals surface area contributed by atoms with Gasteiger partial charge in [0.25, 0.3) is 0 Å². The fourth-order valence-corrected chi connectivity index (χ4v) is 3.02. The molecule has 6 heteroatoms. The first-order valence-electron chi connectivity index (χ1n) is 7.11. The van der Waals surface area contributed by atoms with Crippen LogP contribution in [0.5, 0.6) is 0 Å². The van der Waals surface area contributed by atoms with Crippen molar-refractivity contribution in [3.8, 4) is 0 Å². The Morgan fingerprint density at radius 2 is 1.71 bits per heavy atom. The number of hydrogen-bond acceptors (Lipinski definition) is 3. The Kier molecular flexibility index (Phi) is 6.74. The molecule has 120 valence electrons. The monoisotopic (exact) mass is 319 g/mol. The average Bonchev–Trinajstić information content (AvgIpc) is 2.38. The van der Waals surface area contributed by atoms with Gasteiger partial charge in [0, 0.05) is 6.04 Å². The molecule has 1 atom stereocenters. The van der Waals surface area contributed by atoms with E-state index in [4.69, 9.17) is 0 Å². The second kappa shape index (κ2) is 7.84. The molecular formula is C15H23F2NO2S. The van der Waals surface area contributed by atoms with Crippen LogP contribution in [0.25, 0.3) is 0 Å². The van der Waals surface area contributed by atoms with E-state index >= 15 is 0 Å². The van der Waals surface area contributed by atoms with Gasteiger partial charge in [-0.05, 0) is 43.0 Å². The van der Waals surface area contributed by atoms with Crippen LogP contribution in [-0.2, 0) is 16.3 Å². The SMILES string of the molecule is CCNC(Cc1ccc(S(=O)(=O)C(F)F)cc1)CC(C)C. The van der Waals surface area contributed by atoms with Gasteiger partial charge in [-0.2, -0.15) is 8.78 Å². The molecule has 0 aliphatic rings. The average molecular weight is 319 g/mol. The summed E-state index contributed by atoms with van der Waals surface area (Å²) in [5, 5.41) is 3.39. The van der Waals surface area contributed by atoms with E-state index in [9.17, 15) is 17.2 Å². The molecule has 1 aromatic carbocycles. The highest BCUT2D eigenvalue weighted by atomic mass is 32.2. The van der Waals surface area contributed by atoms with E-state index in [0.717, 1.165) is 24.9 Å². The Morgan fingerprint density at radius 1 is 1.14 bits per heavy atom. The number of nitrogens with one attached hydrogen (secondary N) is 1. The quantitative estimate of drug-likeness (QED) is 0.800. The van der Waals surface area contributed by atoms with Crippen LogP contribution in [0.2, 0.25) is 0 Å². The van der Waals surface area contributed by atoms with E-state index in [-0.39, 0.29) is 4.90 Å². The van der Waals surface area contributed by atoms with E-state index in [1.54, 1.807) is 12.1 Å². The Bertz CT molecular complexity index is 527. The Morgan fingerprint density at radius 3 is 2.14 bits per heavy atom. The molecule has 0 aliphatic carbocycles. The second-order valence-corrected chi connectivity index (χ2v) is 7.46. The van der Waals surface area contributed by atoms with Gasteiger partial charge in [0.1, 0.15) is 0 Å². The van der Waals surface area contributed by atoms with Gasteiger partial charge in [-0.3, -0.25) is 0 Å². The zero-order valence-electron chi connectivity index (χ0n) is 12.6. The van der Waals surface area contributed by atoms with Crippen LogP contribution in [0.3, 0.4) is 0 Å². The third kappa shape index (κ3) is 5.36. The van der Waals surface area contributed by atoms with Crippen LogP contribution >= 0.6 is 0 Å². The van der Waals surface area contributed by atoms with Crippen LogP contribution in [-0.4, -0.2) is 26.8 Å². The lowest BCUT2D eigenvalue weighted by molar-refractivity contribution is 0.234. The van der Waals surface area contributed by atoms with Crippen molar-refractivity contribution in [1.29, 1.82) is 0 Å². The first kappa shape index (κ1) is 18.0. The minimum absolute atomic E-state index is 0.299. The topological polar surface area (TPSA) is 46.2 Å². The smallest absolute Gasteiger partial charge is 0.314 e. The fraction of sp³-hybridized carbons (Fsp3) is 0.600. The summed E-state index contributed by atoms with van der Waals surface area (Å²) < 4.78 is 47.6. The highest BCUT2D eigenvalue weighted by Gasteiger charge is 2.26. The molecule has 0 saturated carbocycles. The second-order valence-electron chi connectivity index (χ2n) is 5.54. The largest absolute Gasteiger partial charge is 0.341 e. The summed E-state index contributed by atoms with van der Waals surface area (Å²) in [6.07, 6.45) is 1.76. The summed E-state index contributed by atoms with van der Waals surface area (Å²) in [4.78, 5) is -0.329. The zero-order chi connectivity index (χ0) is 16.0. The molecule has 0 spiro atoms. The number of alkyl halides is 2. The molecule has 21 heavy (non-hydrogen) atoms. The summed E-state index contributed by atoms with van der Waals surface area (Å²) in [6.45, 7) is 7.17. The number of halogens is 2. The fourth-order valence-electron chi connectivity index (χ4n) is 2.30. The molecule has 1 N–H and O–H groups in total. The van der Waals surface area contributed by atoms with E-state index in [2.05, 4.69) is 19.2 Å². The van der Waals surface area contributed by atoms with Gasteiger partial charge in [-0.15, -0.1) is 0 Å². The molecule has 0 aliphatic heterocycles. The van der Waals surface area contributed by atoms with Gasteiger partial charge in [-0.1, -0.05) is 32.9 Å². The molecule has 3 nitrogen and oxygen atoms in total. The minimum Gasteiger partial charge on any atom is -0.314 e. The predicted octanol–water partition coefficient (Wildman–Crippen LogP) is 3.25. The Labute approximate surface area is 125 Å². The van der Waals surface area contributed by atoms with Gasteiger partial charge in [0.05, 0.1) is 4.90 Å². The van der Waals surface area contributed by atoms with Crippen LogP contribution in [0.15, 0.2) is 29.2 Å². The molecule has 0 saturated heterocycles. The Balaban J connectivity index is 2.82. The highest BCUT2D eigenvalue weighted by molar-refractivity contribution is 7.91. The maximum Gasteiger partial charge on any atom is 0.341 e. The number of benzene rings is 1. The molecule has 0 bridgehead atoms. The first-order valence-corrected chi connectivity index (χ1v) is 8.66. The zero-order valence-corrected chi connectivity index (χ0v) is 13.5. The number of rotatable bonds is 8. The van der Waals surface area contributed by atoms with Gasteiger partial charge >= 0.3 is 5.76 Å². The molecule has 1 aromatic rings. The third-order valence-corrected chi connectivity index (χ3v) is 4.62. The van der Waals surface area contributed by atoms with E-state index in [1.165, 1.54) is 12.1 Å². The summed E-state index contributed by atoms with van der Waals surface area (Å²) in [7, 11) is -4.50. The highest BCUT2D eigenvalue weighted by Crippen LogP contribution is 2.19. The van der Waals surface area contributed by atoms with Crippen molar-refractivity contribution in [2.24, 2.45) is 5.92 Å².